The molecule has 0 aromatic carbocycles. The average molecular weight is 178 g/mol. The van der Waals surface area contributed by atoms with Crippen molar-refractivity contribution in [2.24, 2.45) is 0 Å². The number of carbonyl (C=O) groups excluding carboxylic acids is 1. The predicted molar refractivity (Wildman–Crippen MR) is 39.2 cm³/mol. The minimum absolute atomic E-state index is 0.265. The lowest BCUT2D eigenvalue weighted by molar-refractivity contribution is -0.107. The molecule has 0 spiro atoms. The summed E-state index contributed by atoms with van der Waals surface area (Å²) in [5.74, 6) is 0. The molecule has 11 heavy (non-hydrogen) atoms. The van der Waals surface area contributed by atoms with Crippen LogP contribution >= 0.6 is 0 Å². The second-order valence-electron chi connectivity index (χ2n) is 2.25. The van der Waals surface area contributed by atoms with E-state index in [-0.39, 0.29) is 6.42 Å². The molecule has 0 bridgehead atoms. The SMILES string of the molecule is O=CCCN1CCNS1(=O)=O. The lowest BCUT2D eigenvalue weighted by atomic mass is 10.4. The molecule has 6 heteroatoms. The van der Waals surface area contributed by atoms with Gasteiger partial charge < -0.3 is 4.79 Å². The van der Waals surface area contributed by atoms with Gasteiger partial charge in [0.05, 0.1) is 0 Å². The topological polar surface area (TPSA) is 66.5 Å². The molecule has 1 rings (SSSR count). The van der Waals surface area contributed by atoms with Crippen molar-refractivity contribution in [1.29, 1.82) is 0 Å². The van der Waals surface area contributed by atoms with Gasteiger partial charge in [0.1, 0.15) is 6.29 Å². The van der Waals surface area contributed by atoms with Crippen LogP contribution in [0.15, 0.2) is 0 Å². The van der Waals surface area contributed by atoms with Crippen LogP contribution in [0.3, 0.4) is 0 Å². The number of aldehydes is 1. The Kier molecular flexibility index (Phi) is 2.58. The lowest BCUT2D eigenvalue weighted by Crippen LogP contribution is -2.30. The molecule has 0 saturated carbocycles. The summed E-state index contributed by atoms with van der Waals surface area (Å²) < 4.78 is 25.5. The molecule has 0 aromatic heterocycles. The molecular formula is C5H10N2O3S. The third-order valence-corrected chi connectivity index (χ3v) is 3.10. The van der Waals surface area contributed by atoms with Crippen LogP contribution in [0, 0.1) is 0 Å². The maximum absolute atomic E-state index is 11.0. The van der Waals surface area contributed by atoms with Gasteiger partial charge in [-0.2, -0.15) is 12.7 Å². The molecule has 5 nitrogen and oxygen atoms in total. The summed E-state index contributed by atoms with van der Waals surface area (Å²) in [6, 6.07) is 0. The Morgan fingerprint density at radius 2 is 2.27 bits per heavy atom. The van der Waals surface area contributed by atoms with Crippen molar-refractivity contribution in [2.75, 3.05) is 19.6 Å². The van der Waals surface area contributed by atoms with Crippen molar-refractivity contribution in [3.63, 3.8) is 0 Å². The van der Waals surface area contributed by atoms with E-state index >= 15 is 0 Å². The van der Waals surface area contributed by atoms with Gasteiger partial charge in [-0.15, -0.1) is 0 Å². The summed E-state index contributed by atoms with van der Waals surface area (Å²) in [5, 5.41) is 0. The maximum Gasteiger partial charge on any atom is 0.279 e. The van der Waals surface area contributed by atoms with Gasteiger partial charge in [-0.05, 0) is 0 Å². The van der Waals surface area contributed by atoms with E-state index < -0.39 is 10.2 Å². The highest BCUT2D eigenvalue weighted by atomic mass is 32.2. The zero-order chi connectivity index (χ0) is 8.32. The summed E-state index contributed by atoms with van der Waals surface area (Å²) in [5.41, 5.74) is 0. The van der Waals surface area contributed by atoms with Crippen molar-refractivity contribution in [2.45, 2.75) is 6.42 Å². The smallest absolute Gasteiger partial charge is 0.279 e. The first-order valence-corrected chi connectivity index (χ1v) is 4.79. The highest BCUT2D eigenvalue weighted by Crippen LogP contribution is 2.03. The van der Waals surface area contributed by atoms with E-state index in [9.17, 15) is 13.2 Å². The van der Waals surface area contributed by atoms with Gasteiger partial charge in [0.25, 0.3) is 10.2 Å². The van der Waals surface area contributed by atoms with Crippen molar-refractivity contribution < 1.29 is 13.2 Å². The van der Waals surface area contributed by atoms with E-state index in [1.807, 2.05) is 0 Å². The molecule has 1 saturated heterocycles. The predicted octanol–water partition coefficient (Wildman–Crippen LogP) is -1.27. The van der Waals surface area contributed by atoms with Gasteiger partial charge >= 0.3 is 0 Å². The van der Waals surface area contributed by atoms with Crippen molar-refractivity contribution in [3.05, 3.63) is 0 Å². The Labute approximate surface area is 65.6 Å². The first-order valence-electron chi connectivity index (χ1n) is 3.35. The third-order valence-electron chi connectivity index (χ3n) is 1.48. The van der Waals surface area contributed by atoms with E-state index in [1.165, 1.54) is 4.31 Å². The monoisotopic (exact) mass is 178 g/mol. The van der Waals surface area contributed by atoms with Crippen LogP contribution < -0.4 is 4.72 Å². The molecule has 0 amide bonds. The van der Waals surface area contributed by atoms with Gasteiger partial charge in [0, 0.05) is 26.1 Å². The van der Waals surface area contributed by atoms with Crippen molar-refractivity contribution in [1.82, 2.24) is 9.03 Å². The minimum Gasteiger partial charge on any atom is -0.303 e. The Balaban J connectivity index is 2.52. The zero-order valence-corrected chi connectivity index (χ0v) is 6.80. The molecule has 1 aliphatic heterocycles. The molecule has 0 aromatic rings. The molecule has 1 fully saturated rings. The third kappa shape index (κ3) is 1.98. The van der Waals surface area contributed by atoms with Crippen LogP contribution in [0.25, 0.3) is 0 Å². The van der Waals surface area contributed by atoms with E-state index in [0.717, 1.165) is 0 Å². The van der Waals surface area contributed by atoms with Crippen LogP contribution in [0.5, 0.6) is 0 Å². The van der Waals surface area contributed by atoms with Gasteiger partial charge in [-0.3, -0.25) is 0 Å². The first kappa shape index (κ1) is 8.63. The van der Waals surface area contributed by atoms with Crippen molar-refractivity contribution >= 4 is 16.5 Å². The zero-order valence-electron chi connectivity index (χ0n) is 5.99. The number of carbonyl (C=O) groups is 1. The molecule has 1 heterocycles. The van der Waals surface area contributed by atoms with E-state index in [4.69, 9.17) is 0 Å². The maximum atomic E-state index is 11.0. The minimum atomic E-state index is -3.23. The van der Waals surface area contributed by atoms with Crippen molar-refractivity contribution in [3.8, 4) is 0 Å². The lowest BCUT2D eigenvalue weighted by Gasteiger charge is -2.09. The Morgan fingerprint density at radius 1 is 1.55 bits per heavy atom. The van der Waals surface area contributed by atoms with E-state index in [2.05, 4.69) is 4.72 Å². The van der Waals surface area contributed by atoms with Crippen LogP contribution in [-0.2, 0) is 15.0 Å². The highest BCUT2D eigenvalue weighted by molar-refractivity contribution is 7.87. The number of nitrogens with one attached hydrogen (secondary N) is 1. The number of hydrogen-bond donors (Lipinski definition) is 1. The van der Waals surface area contributed by atoms with Crippen LogP contribution in [0.1, 0.15) is 6.42 Å². The second kappa shape index (κ2) is 3.29. The molecule has 0 radical (unpaired) electrons. The van der Waals surface area contributed by atoms with Gasteiger partial charge in [0.2, 0.25) is 0 Å². The summed E-state index contributed by atoms with van der Waals surface area (Å²) in [6.45, 7) is 1.20. The van der Waals surface area contributed by atoms with Gasteiger partial charge in [-0.1, -0.05) is 0 Å². The fourth-order valence-corrected chi connectivity index (χ4v) is 2.15. The van der Waals surface area contributed by atoms with Crippen LogP contribution in [0.4, 0.5) is 0 Å². The molecule has 1 N–H and O–H groups in total. The first-order chi connectivity index (χ1) is 5.17. The fourth-order valence-electron chi connectivity index (χ4n) is 0.939. The molecule has 1 aliphatic rings. The second-order valence-corrected chi connectivity index (χ2v) is 4.01. The molecule has 0 atom stereocenters. The Bertz CT molecular complexity index is 236. The quantitative estimate of drug-likeness (QED) is 0.548. The van der Waals surface area contributed by atoms with E-state index in [1.54, 1.807) is 0 Å². The normalized spacial score (nSPS) is 23.6. The van der Waals surface area contributed by atoms with E-state index in [0.29, 0.717) is 25.9 Å². The van der Waals surface area contributed by atoms with Crippen LogP contribution in [-0.4, -0.2) is 38.6 Å². The summed E-state index contributed by atoms with van der Waals surface area (Å²) >= 11 is 0. The number of rotatable bonds is 3. The summed E-state index contributed by atoms with van der Waals surface area (Å²) in [6.07, 6.45) is 0.981. The van der Waals surface area contributed by atoms with Crippen LogP contribution in [0.2, 0.25) is 0 Å². The fraction of sp³-hybridized carbons (Fsp3) is 0.800. The highest BCUT2D eigenvalue weighted by Gasteiger charge is 2.26. The Hall–Kier alpha value is -0.460. The molecular weight excluding hydrogens is 168 g/mol. The standard InChI is InChI=1S/C5H10N2O3S/c8-5-1-3-7-4-2-6-11(7,9)10/h5-6H,1-4H2. The molecule has 0 aliphatic carbocycles. The number of nitrogens with zero attached hydrogens (tertiary/aromatic N) is 1. The molecule has 64 valence electrons. The summed E-state index contributed by atoms with van der Waals surface area (Å²) in [7, 11) is -3.23. The Morgan fingerprint density at radius 3 is 2.73 bits per heavy atom. The molecule has 0 unspecified atom stereocenters. The van der Waals surface area contributed by atoms with Gasteiger partial charge in [0.15, 0.2) is 0 Å². The number of hydrogen-bond acceptors (Lipinski definition) is 3. The summed E-state index contributed by atoms with van der Waals surface area (Å²) in [4.78, 5) is 9.93. The average Bonchev–Trinajstić information content (AvgIpc) is 2.25. The van der Waals surface area contributed by atoms with Gasteiger partial charge in [-0.25, -0.2) is 4.72 Å². The largest absolute Gasteiger partial charge is 0.303 e.